The zero-order valence-electron chi connectivity index (χ0n) is 15.1. The number of ether oxygens (including phenoxy) is 1. The first kappa shape index (κ1) is 17.7. The standard InChI is InChI=1S/C19H27N3O3/c1-20(13-16-7-4-3-5-8-16)17(23)9-12-22-11-6-10-19(15-22)14-21(2)18(24)25-19/h3-5,7-8H,6,9-15H2,1-2H3/t19-/m1/s1. The molecule has 136 valence electrons. The maximum absolute atomic E-state index is 12.4. The van der Waals surface area contributed by atoms with Crippen molar-refractivity contribution in [1.29, 1.82) is 0 Å². The summed E-state index contributed by atoms with van der Waals surface area (Å²) in [6, 6.07) is 10.0. The van der Waals surface area contributed by atoms with E-state index in [9.17, 15) is 9.59 Å². The lowest BCUT2D eigenvalue weighted by Crippen LogP contribution is -2.51. The molecule has 6 nitrogen and oxygen atoms in total. The van der Waals surface area contributed by atoms with Gasteiger partial charge in [-0.15, -0.1) is 0 Å². The molecule has 0 saturated carbocycles. The van der Waals surface area contributed by atoms with E-state index in [0.717, 1.165) is 31.5 Å². The average molecular weight is 345 g/mol. The summed E-state index contributed by atoms with van der Waals surface area (Å²) in [4.78, 5) is 29.8. The maximum atomic E-state index is 12.4. The summed E-state index contributed by atoms with van der Waals surface area (Å²) in [6.07, 6.45) is 2.15. The van der Waals surface area contributed by atoms with Gasteiger partial charge in [-0.25, -0.2) is 4.79 Å². The van der Waals surface area contributed by atoms with Crippen molar-refractivity contribution < 1.29 is 14.3 Å². The highest BCUT2D eigenvalue weighted by Gasteiger charge is 2.46. The van der Waals surface area contributed by atoms with Gasteiger partial charge in [-0.3, -0.25) is 9.69 Å². The highest BCUT2D eigenvalue weighted by atomic mass is 16.6. The molecule has 1 aromatic rings. The zero-order chi connectivity index (χ0) is 17.9. The molecule has 2 aliphatic heterocycles. The van der Waals surface area contributed by atoms with Crippen molar-refractivity contribution >= 4 is 12.0 Å². The SMILES string of the molecule is CN(Cc1ccccc1)C(=O)CCN1CCC[C@]2(C1)CN(C)C(=O)O2. The molecule has 2 amide bonds. The molecule has 0 aromatic heterocycles. The molecule has 2 saturated heterocycles. The summed E-state index contributed by atoms with van der Waals surface area (Å²) < 4.78 is 5.62. The predicted molar refractivity (Wildman–Crippen MR) is 95.0 cm³/mol. The summed E-state index contributed by atoms with van der Waals surface area (Å²) in [5, 5.41) is 0. The molecule has 6 heteroatoms. The van der Waals surface area contributed by atoms with E-state index in [1.54, 1.807) is 16.8 Å². The second kappa shape index (κ2) is 7.44. The molecule has 0 radical (unpaired) electrons. The first-order chi connectivity index (χ1) is 12.0. The Morgan fingerprint density at radius 1 is 1.28 bits per heavy atom. The minimum atomic E-state index is -0.386. The Kier molecular flexibility index (Phi) is 5.27. The quantitative estimate of drug-likeness (QED) is 0.819. The van der Waals surface area contributed by atoms with Crippen molar-refractivity contribution in [2.45, 2.75) is 31.4 Å². The van der Waals surface area contributed by atoms with Gasteiger partial charge in [0.05, 0.1) is 6.54 Å². The van der Waals surface area contributed by atoms with E-state index in [2.05, 4.69) is 4.90 Å². The van der Waals surface area contributed by atoms with Crippen molar-refractivity contribution in [3.63, 3.8) is 0 Å². The number of hydrogen-bond acceptors (Lipinski definition) is 4. The van der Waals surface area contributed by atoms with Crippen LogP contribution in [0, 0.1) is 0 Å². The Morgan fingerprint density at radius 3 is 2.72 bits per heavy atom. The van der Waals surface area contributed by atoms with Crippen LogP contribution in [0.25, 0.3) is 0 Å². The fourth-order valence-electron chi connectivity index (χ4n) is 3.78. The van der Waals surface area contributed by atoms with Crippen molar-refractivity contribution in [2.24, 2.45) is 0 Å². The van der Waals surface area contributed by atoms with Crippen LogP contribution in [0.15, 0.2) is 30.3 Å². The lowest BCUT2D eigenvalue weighted by molar-refractivity contribution is -0.131. The van der Waals surface area contributed by atoms with Crippen LogP contribution >= 0.6 is 0 Å². The molecule has 2 heterocycles. The molecule has 1 atom stereocenters. The van der Waals surface area contributed by atoms with E-state index in [4.69, 9.17) is 4.74 Å². The van der Waals surface area contributed by atoms with E-state index in [-0.39, 0.29) is 17.6 Å². The lowest BCUT2D eigenvalue weighted by atomic mass is 9.92. The summed E-state index contributed by atoms with van der Waals surface area (Å²) in [6.45, 7) is 3.66. The number of carbonyl (C=O) groups excluding carboxylic acids is 2. The molecule has 0 bridgehead atoms. The monoisotopic (exact) mass is 345 g/mol. The third-order valence-electron chi connectivity index (χ3n) is 5.09. The highest BCUT2D eigenvalue weighted by Crippen LogP contribution is 2.31. The van der Waals surface area contributed by atoms with Crippen LogP contribution in [0.5, 0.6) is 0 Å². The molecule has 1 aromatic carbocycles. The van der Waals surface area contributed by atoms with Crippen molar-refractivity contribution in [3.05, 3.63) is 35.9 Å². The van der Waals surface area contributed by atoms with E-state index in [1.807, 2.05) is 37.4 Å². The number of likely N-dealkylation sites (tertiary alicyclic amines) is 1. The third-order valence-corrected chi connectivity index (χ3v) is 5.09. The van der Waals surface area contributed by atoms with Crippen LogP contribution < -0.4 is 0 Å². The summed E-state index contributed by atoms with van der Waals surface area (Å²) in [7, 11) is 3.62. The molecule has 2 aliphatic rings. The number of amides is 2. The molecule has 0 N–H and O–H groups in total. The highest BCUT2D eigenvalue weighted by molar-refractivity contribution is 5.76. The second-order valence-electron chi connectivity index (χ2n) is 7.27. The fraction of sp³-hybridized carbons (Fsp3) is 0.579. The fourth-order valence-corrected chi connectivity index (χ4v) is 3.78. The number of benzene rings is 1. The molecule has 1 spiro atoms. The predicted octanol–water partition coefficient (Wildman–Crippen LogP) is 1.95. The normalized spacial score (nSPS) is 23.8. The third kappa shape index (κ3) is 4.31. The van der Waals surface area contributed by atoms with Crippen molar-refractivity contribution in [1.82, 2.24) is 14.7 Å². The minimum absolute atomic E-state index is 0.143. The number of nitrogens with zero attached hydrogens (tertiary/aromatic N) is 3. The van der Waals surface area contributed by atoms with Crippen LogP contribution in [-0.4, -0.2) is 72.6 Å². The van der Waals surface area contributed by atoms with E-state index >= 15 is 0 Å². The van der Waals surface area contributed by atoms with Gasteiger partial charge in [-0.2, -0.15) is 0 Å². The van der Waals surface area contributed by atoms with Crippen molar-refractivity contribution in [2.75, 3.05) is 40.3 Å². The first-order valence-electron chi connectivity index (χ1n) is 8.92. The minimum Gasteiger partial charge on any atom is -0.440 e. The number of piperidine rings is 1. The topological polar surface area (TPSA) is 53.1 Å². The Morgan fingerprint density at radius 2 is 2.04 bits per heavy atom. The van der Waals surface area contributed by atoms with Gasteiger partial charge in [0.25, 0.3) is 0 Å². The summed E-state index contributed by atoms with van der Waals surface area (Å²) in [5.41, 5.74) is 0.750. The van der Waals surface area contributed by atoms with Gasteiger partial charge >= 0.3 is 6.09 Å². The van der Waals surface area contributed by atoms with Crippen LogP contribution in [0.2, 0.25) is 0 Å². The molecule has 3 rings (SSSR count). The Hall–Kier alpha value is -2.08. The van der Waals surface area contributed by atoms with E-state index in [0.29, 0.717) is 26.1 Å². The molecular weight excluding hydrogens is 318 g/mol. The number of rotatable bonds is 5. The average Bonchev–Trinajstić information content (AvgIpc) is 2.86. The van der Waals surface area contributed by atoms with Gasteiger partial charge in [-0.05, 0) is 24.9 Å². The Labute approximate surface area is 149 Å². The van der Waals surface area contributed by atoms with Crippen LogP contribution in [-0.2, 0) is 16.1 Å². The number of likely N-dealkylation sites (N-methyl/N-ethyl adjacent to an activating group) is 1. The van der Waals surface area contributed by atoms with E-state index < -0.39 is 0 Å². The number of carbonyl (C=O) groups is 2. The lowest BCUT2D eigenvalue weighted by Gasteiger charge is -2.38. The molecular formula is C19H27N3O3. The molecule has 0 unspecified atom stereocenters. The summed E-state index contributed by atoms with van der Waals surface area (Å²) in [5.74, 6) is 0.143. The van der Waals surface area contributed by atoms with Crippen LogP contribution in [0.4, 0.5) is 4.79 Å². The first-order valence-corrected chi connectivity index (χ1v) is 8.92. The molecule has 0 aliphatic carbocycles. The van der Waals surface area contributed by atoms with E-state index in [1.165, 1.54) is 0 Å². The van der Waals surface area contributed by atoms with Gasteiger partial charge in [0, 0.05) is 40.2 Å². The van der Waals surface area contributed by atoms with Gasteiger partial charge in [-0.1, -0.05) is 30.3 Å². The Bertz CT molecular complexity index is 622. The van der Waals surface area contributed by atoms with Crippen LogP contribution in [0.1, 0.15) is 24.8 Å². The van der Waals surface area contributed by atoms with Crippen molar-refractivity contribution in [3.8, 4) is 0 Å². The number of hydrogen-bond donors (Lipinski definition) is 0. The van der Waals surface area contributed by atoms with Gasteiger partial charge in [0.2, 0.25) is 5.91 Å². The summed E-state index contributed by atoms with van der Waals surface area (Å²) >= 11 is 0. The van der Waals surface area contributed by atoms with Gasteiger partial charge < -0.3 is 14.5 Å². The maximum Gasteiger partial charge on any atom is 0.410 e. The molecule has 2 fully saturated rings. The Balaban J connectivity index is 1.48. The smallest absolute Gasteiger partial charge is 0.410 e. The van der Waals surface area contributed by atoms with Gasteiger partial charge in [0.15, 0.2) is 0 Å². The largest absolute Gasteiger partial charge is 0.440 e. The zero-order valence-corrected chi connectivity index (χ0v) is 15.1. The van der Waals surface area contributed by atoms with Crippen LogP contribution in [0.3, 0.4) is 0 Å². The molecule has 25 heavy (non-hydrogen) atoms. The van der Waals surface area contributed by atoms with Gasteiger partial charge in [0.1, 0.15) is 5.60 Å². The second-order valence-corrected chi connectivity index (χ2v) is 7.27.